The van der Waals surface area contributed by atoms with Crippen LogP contribution in [-0.4, -0.2) is 17.5 Å². The number of hydrogen-bond donors (Lipinski definition) is 2. The van der Waals surface area contributed by atoms with E-state index in [0.29, 0.717) is 21.6 Å². The Morgan fingerprint density at radius 2 is 2.20 bits per heavy atom. The zero-order valence-electron chi connectivity index (χ0n) is 10.3. The van der Waals surface area contributed by atoms with Crippen LogP contribution in [0.3, 0.4) is 0 Å². The van der Waals surface area contributed by atoms with E-state index < -0.39 is 0 Å². The molecule has 5 nitrogen and oxygen atoms in total. The molecule has 7 heteroatoms. The Balaban J connectivity index is 1.96. The van der Waals surface area contributed by atoms with Crippen LogP contribution in [0.4, 0.5) is 11.4 Å². The second kappa shape index (κ2) is 6.58. The fourth-order valence-electron chi connectivity index (χ4n) is 1.45. The van der Waals surface area contributed by atoms with E-state index in [-0.39, 0.29) is 17.7 Å². The number of para-hydroxylation sites is 2. The predicted octanol–water partition coefficient (Wildman–Crippen LogP) is 3.10. The lowest BCUT2D eigenvalue weighted by molar-refractivity contribution is -0.118. The van der Waals surface area contributed by atoms with Gasteiger partial charge in [-0.15, -0.1) is 0 Å². The van der Waals surface area contributed by atoms with Gasteiger partial charge in [-0.05, 0) is 34.1 Å². The number of halogens is 2. The Morgan fingerprint density at radius 1 is 1.45 bits per heavy atom. The van der Waals surface area contributed by atoms with Gasteiger partial charge in [-0.25, -0.2) is 4.98 Å². The van der Waals surface area contributed by atoms with Crippen molar-refractivity contribution in [3.05, 3.63) is 46.2 Å². The molecule has 0 aliphatic heterocycles. The first-order valence-corrected chi connectivity index (χ1v) is 6.81. The van der Waals surface area contributed by atoms with Gasteiger partial charge in [-0.2, -0.15) is 0 Å². The summed E-state index contributed by atoms with van der Waals surface area (Å²) in [5.41, 5.74) is 6.60. The van der Waals surface area contributed by atoms with Gasteiger partial charge < -0.3 is 15.8 Å². The molecule has 0 aliphatic rings. The summed E-state index contributed by atoms with van der Waals surface area (Å²) in [5.74, 6) is 0.108. The van der Waals surface area contributed by atoms with Crippen molar-refractivity contribution in [2.24, 2.45) is 0 Å². The van der Waals surface area contributed by atoms with Crippen LogP contribution in [0.1, 0.15) is 0 Å². The number of nitrogens with two attached hydrogens (primary N) is 1. The Morgan fingerprint density at radius 3 is 2.95 bits per heavy atom. The Bertz CT molecular complexity index is 637. The topological polar surface area (TPSA) is 77.2 Å². The molecule has 0 fully saturated rings. The molecule has 2 rings (SSSR count). The standard InChI is InChI=1S/C13H11BrClN3O2/c14-8-5-10(13(15)17-6-8)18-12(19)7-20-11-4-2-1-3-9(11)16/h1-6H,7,16H2,(H,18,19). The first kappa shape index (κ1) is 14.6. The number of aromatic nitrogens is 1. The summed E-state index contributed by atoms with van der Waals surface area (Å²) in [5, 5.41) is 2.82. The fourth-order valence-corrected chi connectivity index (χ4v) is 1.93. The maximum absolute atomic E-state index is 11.8. The van der Waals surface area contributed by atoms with Crippen molar-refractivity contribution in [3.63, 3.8) is 0 Å². The Kier molecular flexibility index (Phi) is 4.81. The molecule has 1 amide bonds. The van der Waals surface area contributed by atoms with Gasteiger partial charge in [0.1, 0.15) is 5.75 Å². The van der Waals surface area contributed by atoms with Crippen LogP contribution in [0.25, 0.3) is 0 Å². The lowest BCUT2D eigenvalue weighted by Gasteiger charge is -2.10. The van der Waals surface area contributed by atoms with Gasteiger partial charge in [-0.3, -0.25) is 4.79 Å². The summed E-state index contributed by atoms with van der Waals surface area (Å²) in [7, 11) is 0. The minimum atomic E-state index is -0.352. The number of nitrogens with zero attached hydrogens (tertiary/aromatic N) is 1. The second-order valence-electron chi connectivity index (χ2n) is 3.87. The van der Waals surface area contributed by atoms with Crippen molar-refractivity contribution in [3.8, 4) is 5.75 Å². The number of pyridine rings is 1. The number of rotatable bonds is 4. The third kappa shape index (κ3) is 3.85. The van der Waals surface area contributed by atoms with Crippen LogP contribution in [0.15, 0.2) is 41.0 Å². The van der Waals surface area contributed by atoms with Gasteiger partial charge in [-0.1, -0.05) is 23.7 Å². The average Bonchev–Trinajstić information content (AvgIpc) is 2.42. The molecule has 0 aliphatic carbocycles. The van der Waals surface area contributed by atoms with Gasteiger partial charge in [0, 0.05) is 10.7 Å². The van der Waals surface area contributed by atoms with Gasteiger partial charge in [0.05, 0.1) is 11.4 Å². The molecule has 0 unspecified atom stereocenters. The normalized spacial score (nSPS) is 10.1. The van der Waals surface area contributed by atoms with Crippen molar-refractivity contribution < 1.29 is 9.53 Å². The number of anilines is 2. The SMILES string of the molecule is Nc1ccccc1OCC(=O)Nc1cc(Br)cnc1Cl. The van der Waals surface area contributed by atoms with Gasteiger partial charge in [0.15, 0.2) is 11.8 Å². The highest BCUT2D eigenvalue weighted by molar-refractivity contribution is 9.10. The minimum Gasteiger partial charge on any atom is -0.482 e. The summed E-state index contributed by atoms with van der Waals surface area (Å²) in [6, 6.07) is 8.61. The highest BCUT2D eigenvalue weighted by atomic mass is 79.9. The van der Waals surface area contributed by atoms with Crippen molar-refractivity contribution in [2.75, 3.05) is 17.7 Å². The van der Waals surface area contributed by atoms with E-state index in [1.54, 1.807) is 36.5 Å². The highest BCUT2D eigenvalue weighted by Crippen LogP contribution is 2.23. The average molecular weight is 357 g/mol. The number of carbonyl (C=O) groups excluding carboxylic acids is 1. The predicted molar refractivity (Wildman–Crippen MR) is 81.9 cm³/mol. The molecule has 20 heavy (non-hydrogen) atoms. The van der Waals surface area contributed by atoms with E-state index in [9.17, 15) is 4.79 Å². The van der Waals surface area contributed by atoms with Crippen LogP contribution in [-0.2, 0) is 4.79 Å². The number of ether oxygens (including phenoxy) is 1. The number of carbonyl (C=O) groups is 1. The molecule has 1 aromatic heterocycles. The quantitative estimate of drug-likeness (QED) is 0.652. The Labute approximate surface area is 129 Å². The summed E-state index contributed by atoms with van der Waals surface area (Å²) >= 11 is 9.13. The molecule has 0 saturated heterocycles. The molecule has 1 aromatic carbocycles. The maximum atomic E-state index is 11.8. The third-order valence-electron chi connectivity index (χ3n) is 2.36. The van der Waals surface area contributed by atoms with Gasteiger partial charge in [0.2, 0.25) is 0 Å². The van der Waals surface area contributed by atoms with E-state index in [4.69, 9.17) is 22.1 Å². The van der Waals surface area contributed by atoms with Crippen LogP contribution < -0.4 is 15.8 Å². The zero-order valence-corrected chi connectivity index (χ0v) is 12.6. The van der Waals surface area contributed by atoms with Crippen LogP contribution in [0.2, 0.25) is 5.15 Å². The van der Waals surface area contributed by atoms with Gasteiger partial charge in [0.25, 0.3) is 5.91 Å². The summed E-state index contributed by atoms with van der Waals surface area (Å²) in [4.78, 5) is 15.7. The van der Waals surface area contributed by atoms with Crippen LogP contribution in [0, 0.1) is 0 Å². The van der Waals surface area contributed by atoms with Crippen molar-refractivity contribution in [1.82, 2.24) is 4.98 Å². The number of benzene rings is 1. The van der Waals surface area contributed by atoms with Gasteiger partial charge >= 0.3 is 0 Å². The number of nitrogen functional groups attached to an aromatic ring is 1. The first-order valence-electron chi connectivity index (χ1n) is 5.64. The number of amides is 1. The van der Waals surface area contributed by atoms with Crippen molar-refractivity contribution in [2.45, 2.75) is 0 Å². The highest BCUT2D eigenvalue weighted by Gasteiger charge is 2.09. The zero-order chi connectivity index (χ0) is 14.5. The second-order valence-corrected chi connectivity index (χ2v) is 5.14. The smallest absolute Gasteiger partial charge is 0.262 e. The minimum absolute atomic E-state index is 0.170. The van der Waals surface area contributed by atoms with E-state index in [2.05, 4.69) is 26.2 Å². The van der Waals surface area contributed by atoms with Crippen LogP contribution >= 0.6 is 27.5 Å². The molecule has 0 saturated carbocycles. The molecule has 104 valence electrons. The molecule has 0 bridgehead atoms. The molecular weight excluding hydrogens is 346 g/mol. The van der Waals surface area contributed by atoms with Crippen molar-refractivity contribution >= 4 is 44.8 Å². The summed E-state index contributed by atoms with van der Waals surface area (Å²) in [6.07, 6.45) is 1.54. The van der Waals surface area contributed by atoms with E-state index in [1.165, 1.54) is 0 Å². The lowest BCUT2D eigenvalue weighted by Crippen LogP contribution is -2.20. The summed E-state index contributed by atoms with van der Waals surface area (Å²) < 4.78 is 6.04. The molecule has 0 spiro atoms. The summed E-state index contributed by atoms with van der Waals surface area (Å²) in [6.45, 7) is -0.170. The lowest BCUT2D eigenvalue weighted by atomic mass is 10.3. The van der Waals surface area contributed by atoms with E-state index >= 15 is 0 Å². The fraction of sp³-hybridized carbons (Fsp3) is 0.0769. The number of nitrogens with one attached hydrogen (secondary N) is 1. The number of hydrogen-bond acceptors (Lipinski definition) is 4. The largest absolute Gasteiger partial charge is 0.482 e. The third-order valence-corrected chi connectivity index (χ3v) is 3.09. The molecule has 0 atom stereocenters. The maximum Gasteiger partial charge on any atom is 0.262 e. The van der Waals surface area contributed by atoms with Crippen LogP contribution in [0.5, 0.6) is 5.75 Å². The molecule has 2 aromatic rings. The first-order chi connectivity index (χ1) is 9.56. The van der Waals surface area contributed by atoms with E-state index in [1.807, 2.05) is 0 Å². The molecule has 3 N–H and O–H groups in total. The molecular formula is C13H11BrClN3O2. The Hall–Kier alpha value is -1.79. The van der Waals surface area contributed by atoms with Crippen molar-refractivity contribution in [1.29, 1.82) is 0 Å². The molecule has 0 radical (unpaired) electrons. The molecule has 1 heterocycles. The monoisotopic (exact) mass is 355 g/mol. The van der Waals surface area contributed by atoms with E-state index in [0.717, 1.165) is 0 Å².